The van der Waals surface area contributed by atoms with Crippen LogP contribution in [0.15, 0.2) is 23.3 Å². The van der Waals surface area contributed by atoms with E-state index >= 15 is 0 Å². The minimum Gasteiger partial charge on any atom is -0.351 e. The number of fused-ring (bicyclic) bond motifs is 1. The Morgan fingerprint density at radius 2 is 2.09 bits per heavy atom. The van der Waals surface area contributed by atoms with E-state index < -0.39 is 5.92 Å². The molecule has 0 radical (unpaired) electrons. The number of amides is 2. The van der Waals surface area contributed by atoms with Gasteiger partial charge in [-0.3, -0.25) is 9.59 Å². The molecule has 5 heteroatoms. The molecule has 0 aliphatic carbocycles. The van der Waals surface area contributed by atoms with Gasteiger partial charge in [0, 0.05) is 18.2 Å². The smallest absolute Gasteiger partial charge is 0.255 e. The van der Waals surface area contributed by atoms with Gasteiger partial charge < -0.3 is 5.32 Å². The van der Waals surface area contributed by atoms with E-state index in [1.165, 1.54) is 5.01 Å². The summed E-state index contributed by atoms with van der Waals surface area (Å²) in [6.07, 6.45) is 2.56. The van der Waals surface area contributed by atoms with E-state index in [0.717, 1.165) is 23.2 Å². The Labute approximate surface area is 137 Å². The molecule has 23 heavy (non-hydrogen) atoms. The predicted octanol–water partition coefficient (Wildman–Crippen LogP) is 2.99. The second kappa shape index (κ2) is 6.52. The molecule has 0 aromatic heterocycles. The number of para-hydroxylation sites is 1. The highest BCUT2D eigenvalue weighted by Crippen LogP contribution is 2.41. The molecule has 1 aliphatic heterocycles. The fourth-order valence-corrected chi connectivity index (χ4v) is 2.91. The van der Waals surface area contributed by atoms with Gasteiger partial charge >= 0.3 is 0 Å². The fourth-order valence-electron chi connectivity index (χ4n) is 2.91. The summed E-state index contributed by atoms with van der Waals surface area (Å²) in [7, 11) is 0. The number of anilines is 1. The number of nitrogens with zero attached hydrogens (tertiary/aromatic N) is 2. The Kier molecular flexibility index (Phi) is 4.88. The van der Waals surface area contributed by atoms with Crippen molar-refractivity contribution in [2.45, 2.75) is 58.9 Å². The Hall–Kier alpha value is -2.17. The first-order valence-electron chi connectivity index (χ1n) is 8.03. The second-order valence-corrected chi connectivity index (χ2v) is 6.79. The maximum atomic E-state index is 12.8. The van der Waals surface area contributed by atoms with Crippen molar-refractivity contribution in [3.63, 3.8) is 0 Å². The SMILES string of the molecule is CC=NN1C(=O)C(CC(=O)NC(C)(C)C)c2cccc(CC)c21. The van der Waals surface area contributed by atoms with E-state index in [1.54, 1.807) is 13.1 Å². The number of hydrazone groups is 1. The molecule has 2 rings (SSSR count). The number of benzene rings is 1. The number of carbonyl (C=O) groups excluding carboxylic acids is 2. The molecule has 124 valence electrons. The molecular formula is C18H25N3O2. The number of rotatable bonds is 4. The number of hydrogen-bond acceptors (Lipinski definition) is 3. The van der Waals surface area contributed by atoms with Gasteiger partial charge in [-0.25, -0.2) is 0 Å². The van der Waals surface area contributed by atoms with Gasteiger partial charge in [0.15, 0.2) is 0 Å². The summed E-state index contributed by atoms with van der Waals surface area (Å²) in [5.41, 5.74) is 2.49. The van der Waals surface area contributed by atoms with Crippen molar-refractivity contribution < 1.29 is 9.59 Å². The highest BCUT2D eigenvalue weighted by Gasteiger charge is 2.40. The lowest BCUT2D eigenvalue weighted by molar-refractivity contribution is -0.127. The molecule has 0 bridgehead atoms. The van der Waals surface area contributed by atoms with E-state index in [9.17, 15) is 9.59 Å². The Balaban J connectivity index is 2.36. The molecule has 1 aromatic rings. The Morgan fingerprint density at radius 3 is 2.65 bits per heavy atom. The first kappa shape index (κ1) is 17.2. The van der Waals surface area contributed by atoms with Crippen LogP contribution >= 0.6 is 0 Å². The Morgan fingerprint density at radius 1 is 1.39 bits per heavy atom. The zero-order chi connectivity index (χ0) is 17.2. The van der Waals surface area contributed by atoms with E-state index in [-0.39, 0.29) is 23.8 Å². The van der Waals surface area contributed by atoms with Crippen molar-refractivity contribution in [3.05, 3.63) is 29.3 Å². The highest BCUT2D eigenvalue weighted by atomic mass is 16.2. The van der Waals surface area contributed by atoms with E-state index in [1.807, 2.05) is 45.9 Å². The van der Waals surface area contributed by atoms with Crippen molar-refractivity contribution in [2.24, 2.45) is 5.10 Å². The average Bonchev–Trinajstić information content (AvgIpc) is 2.71. The third-order valence-electron chi connectivity index (χ3n) is 3.76. The van der Waals surface area contributed by atoms with Crippen molar-refractivity contribution in [2.75, 3.05) is 5.01 Å². The zero-order valence-corrected chi connectivity index (χ0v) is 14.5. The van der Waals surface area contributed by atoms with E-state index in [2.05, 4.69) is 10.4 Å². The summed E-state index contributed by atoms with van der Waals surface area (Å²) in [4.78, 5) is 25.0. The molecule has 1 unspecified atom stereocenters. The van der Waals surface area contributed by atoms with E-state index in [4.69, 9.17) is 0 Å². The summed E-state index contributed by atoms with van der Waals surface area (Å²) in [6, 6.07) is 5.87. The van der Waals surface area contributed by atoms with Gasteiger partial charge in [-0.05, 0) is 45.2 Å². The first-order valence-corrected chi connectivity index (χ1v) is 8.03. The summed E-state index contributed by atoms with van der Waals surface area (Å²) in [5, 5.41) is 8.59. The number of nitrogens with one attached hydrogen (secondary N) is 1. The van der Waals surface area contributed by atoms with Crippen LogP contribution in [0.3, 0.4) is 0 Å². The molecule has 2 amide bonds. The average molecular weight is 315 g/mol. The van der Waals surface area contributed by atoms with Crippen molar-refractivity contribution >= 4 is 23.7 Å². The van der Waals surface area contributed by atoms with Crippen molar-refractivity contribution in [3.8, 4) is 0 Å². The third-order valence-corrected chi connectivity index (χ3v) is 3.76. The largest absolute Gasteiger partial charge is 0.351 e. The number of hydrogen-bond donors (Lipinski definition) is 1. The van der Waals surface area contributed by atoms with Crippen molar-refractivity contribution in [1.82, 2.24) is 5.32 Å². The standard InChI is InChI=1S/C18H25N3O2/c1-6-12-9-8-10-13-14(11-15(22)20-18(3,4)5)17(23)21(16(12)13)19-7-2/h7-10,14H,6,11H2,1-5H3,(H,20,22). The fraction of sp³-hybridized carbons (Fsp3) is 0.500. The molecule has 0 saturated carbocycles. The molecule has 1 aromatic carbocycles. The quantitative estimate of drug-likeness (QED) is 0.868. The summed E-state index contributed by atoms with van der Waals surface area (Å²) >= 11 is 0. The summed E-state index contributed by atoms with van der Waals surface area (Å²) in [6.45, 7) is 9.61. The van der Waals surface area contributed by atoms with Crippen LogP contribution in [-0.2, 0) is 16.0 Å². The summed E-state index contributed by atoms with van der Waals surface area (Å²) in [5.74, 6) is -0.725. The summed E-state index contributed by atoms with van der Waals surface area (Å²) < 4.78 is 0. The third kappa shape index (κ3) is 3.60. The molecule has 0 spiro atoms. The monoisotopic (exact) mass is 315 g/mol. The van der Waals surface area contributed by atoms with Crippen LogP contribution in [0, 0.1) is 0 Å². The van der Waals surface area contributed by atoms with Gasteiger partial charge in [0.25, 0.3) is 5.91 Å². The lowest BCUT2D eigenvalue weighted by Gasteiger charge is -2.21. The molecule has 1 N–H and O–H groups in total. The second-order valence-electron chi connectivity index (χ2n) is 6.79. The molecule has 0 saturated heterocycles. The first-order chi connectivity index (χ1) is 10.8. The van der Waals surface area contributed by atoms with Crippen LogP contribution in [0.4, 0.5) is 5.69 Å². The lowest BCUT2D eigenvalue weighted by Crippen LogP contribution is -2.41. The zero-order valence-electron chi connectivity index (χ0n) is 14.5. The molecule has 1 atom stereocenters. The van der Waals surface area contributed by atoms with Crippen LogP contribution in [0.2, 0.25) is 0 Å². The normalized spacial score (nSPS) is 17.7. The van der Waals surface area contributed by atoms with Gasteiger partial charge in [0.1, 0.15) is 0 Å². The van der Waals surface area contributed by atoms with Gasteiger partial charge in [0.2, 0.25) is 5.91 Å². The minimum atomic E-state index is -0.470. The number of carbonyl (C=O) groups is 2. The van der Waals surface area contributed by atoms with E-state index in [0.29, 0.717) is 0 Å². The lowest BCUT2D eigenvalue weighted by atomic mass is 9.94. The van der Waals surface area contributed by atoms with Gasteiger partial charge in [-0.1, -0.05) is 25.1 Å². The number of aryl methyl sites for hydroxylation is 1. The van der Waals surface area contributed by atoms with Crippen LogP contribution in [0.5, 0.6) is 0 Å². The topological polar surface area (TPSA) is 61.8 Å². The van der Waals surface area contributed by atoms with Crippen LogP contribution in [-0.4, -0.2) is 23.6 Å². The highest BCUT2D eigenvalue weighted by molar-refractivity contribution is 6.07. The predicted molar refractivity (Wildman–Crippen MR) is 92.7 cm³/mol. The molecule has 1 heterocycles. The molecular weight excluding hydrogens is 290 g/mol. The molecule has 0 fully saturated rings. The van der Waals surface area contributed by atoms with Gasteiger partial charge in [0.05, 0.1) is 11.6 Å². The Bertz CT molecular complexity index is 644. The molecule has 5 nitrogen and oxygen atoms in total. The van der Waals surface area contributed by atoms with Crippen LogP contribution in [0.1, 0.15) is 58.1 Å². The van der Waals surface area contributed by atoms with Crippen molar-refractivity contribution in [1.29, 1.82) is 0 Å². The van der Waals surface area contributed by atoms with Crippen LogP contribution in [0.25, 0.3) is 0 Å². The molecule has 1 aliphatic rings. The minimum absolute atomic E-state index is 0.119. The maximum Gasteiger partial charge on any atom is 0.255 e. The van der Waals surface area contributed by atoms with Gasteiger partial charge in [-0.2, -0.15) is 10.1 Å². The van der Waals surface area contributed by atoms with Gasteiger partial charge in [-0.15, -0.1) is 0 Å². The van der Waals surface area contributed by atoms with Crippen LogP contribution < -0.4 is 10.3 Å². The maximum absolute atomic E-state index is 12.8.